The molecule has 0 atom stereocenters. The van der Waals surface area contributed by atoms with Crippen molar-refractivity contribution in [2.75, 3.05) is 0 Å². The van der Waals surface area contributed by atoms with Crippen LogP contribution in [0.1, 0.15) is 117 Å². The second-order valence-electron chi connectivity index (χ2n) is 9.01. The van der Waals surface area contributed by atoms with Gasteiger partial charge in [0.25, 0.3) is 0 Å². The van der Waals surface area contributed by atoms with Crippen molar-refractivity contribution in [3.63, 3.8) is 0 Å². The molecule has 0 aliphatic heterocycles. The maximum atomic E-state index is 13.4. The third kappa shape index (κ3) is 8.28. The van der Waals surface area contributed by atoms with Crippen molar-refractivity contribution in [1.29, 1.82) is 0 Å². The van der Waals surface area contributed by atoms with Crippen LogP contribution in [0, 0.1) is 0 Å². The van der Waals surface area contributed by atoms with Crippen molar-refractivity contribution in [1.82, 2.24) is 0 Å². The first-order chi connectivity index (χ1) is 18.6. The predicted octanol–water partition coefficient (Wildman–Crippen LogP) is 8.92. The summed E-state index contributed by atoms with van der Waals surface area (Å²) in [7, 11) is 0. The number of fused-ring (bicyclic) bond motifs is 1. The van der Waals surface area contributed by atoms with E-state index in [-0.39, 0.29) is 12.0 Å². The zero-order valence-corrected chi connectivity index (χ0v) is 20.6. The van der Waals surface area contributed by atoms with Gasteiger partial charge in [-0.3, -0.25) is 9.59 Å². The van der Waals surface area contributed by atoms with E-state index < -0.39 is 59.3 Å². The van der Waals surface area contributed by atoms with Crippen LogP contribution in [0.25, 0.3) is 0 Å². The summed E-state index contributed by atoms with van der Waals surface area (Å²) in [6, 6.07) is -2.64. The molecule has 1 aliphatic carbocycles. The lowest BCUT2D eigenvalue weighted by Gasteiger charge is -2.18. The number of hydrogen-bond acceptors (Lipinski definition) is 2. The van der Waals surface area contributed by atoms with Crippen molar-refractivity contribution < 1.29 is 19.2 Å². The van der Waals surface area contributed by atoms with Crippen molar-refractivity contribution in [2.24, 2.45) is 0 Å². The Morgan fingerprint density at radius 2 is 1.24 bits per heavy atom. The Morgan fingerprint density at radius 3 is 1.76 bits per heavy atom. The van der Waals surface area contributed by atoms with Crippen molar-refractivity contribution >= 4 is 11.6 Å². The van der Waals surface area contributed by atoms with E-state index in [2.05, 4.69) is 45.9 Å². The second kappa shape index (κ2) is 13.1. The molecule has 0 aromatic heterocycles. The number of rotatable bonds is 11. The Balaban J connectivity index is 2.14. The zero-order valence-electron chi connectivity index (χ0n) is 27.6. The van der Waals surface area contributed by atoms with Crippen LogP contribution in [-0.2, 0) is 0 Å². The fraction of sp³-hybridized carbons (Fsp3) is 0.419. The van der Waals surface area contributed by atoms with Crippen LogP contribution >= 0.6 is 0 Å². The Hall–Kier alpha value is -2.74. The summed E-state index contributed by atoms with van der Waals surface area (Å²) in [5.74, 6) is -1.88. The van der Waals surface area contributed by atoms with Gasteiger partial charge in [-0.05, 0) is 86.4 Å². The van der Waals surface area contributed by atoms with E-state index in [9.17, 15) is 9.59 Å². The molecule has 0 N–H and O–H groups in total. The largest absolute Gasteiger partial charge is 0.289 e. The molecule has 0 saturated carbocycles. The third-order valence-corrected chi connectivity index (χ3v) is 5.75. The molecule has 2 heteroatoms. The van der Waals surface area contributed by atoms with Gasteiger partial charge >= 0.3 is 0 Å². The standard InChI is InChI=1S/C31H40O2/c1-22(2)12-9-13-23(3)14-10-15-24(4)16-11-17-25(5)20-21-27-26(6)30(32)28-18-7-8-19-29(28)31(27)33/h7-8,12,14,16,18-20H,9-11,13,15,17,21H2,1-6H3/i6D3,7D,8D,18D,19D. The lowest BCUT2D eigenvalue weighted by Crippen LogP contribution is -2.20. The number of allylic oxidation sites excluding steroid dienone is 10. The van der Waals surface area contributed by atoms with Crippen LogP contribution in [0.4, 0.5) is 0 Å². The molecule has 33 heavy (non-hydrogen) atoms. The summed E-state index contributed by atoms with van der Waals surface area (Å²) in [5, 5.41) is 0. The van der Waals surface area contributed by atoms with Gasteiger partial charge in [0.2, 0.25) is 0 Å². The summed E-state index contributed by atoms with van der Waals surface area (Å²) in [6.45, 7) is 7.46. The van der Waals surface area contributed by atoms with Gasteiger partial charge in [0.1, 0.15) is 0 Å². The van der Waals surface area contributed by atoms with E-state index in [1.807, 2.05) is 6.92 Å². The van der Waals surface area contributed by atoms with Crippen molar-refractivity contribution in [3.8, 4) is 0 Å². The van der Waals surface area contributed by atoms with Crippen molar-refractivity contribution in [3.05, 3.63) is 93.0 Å². The number of carbonyl (C=O) groups excluding carboxylic acids is 2. The SMILES string of the molecule is [2H]c1c([2H])c([2H])c2c(c1[2H])C(=O)C(CC=C(C)CCC=C(C)CCC=C(C)CCC=C(C)C)=C(C([2H])([2H])[2H])C2=O. The summed E-state index contributed by atoms with van der Waals surface area (Å²) < 4.78 is 55.6. The highest BCUT2D eigenvalue weighted by Gasteiger charge is 2.28. The van der Waals surface area contributed by atoms with E-state index in [1.54, 1.807) is 6.08 Å². The average molecular weight is 452 g/mol. The third-order valence-electron chi connectivity index (χ3n) is 5.75. The Labute approximate surface area is 210 Å². The van der Waals surface area contributed by atoms with Gasteiger partial charge in [0.15, 0.2) is 11.6 Å². The molecule has 0 bridgehead atoms. The van der Waals surface area contributed by atoms with E-state index in [4.69, 9.17) is 9.60 Å². The number of carbonyl (C=O) groups is 2. The fourth-order valence-corrected chi connectivity index (χ4v) is 3.64. The quantitative estimate of drug-likeness (QED) is 0.315. The minimum atomic E-state index is -2.91. The molecular weight excluding hydrogens is 404 g/mol. The molecule has 0 fully saturated rings. The van der Waals surface area contributed by atoms with Gasteiger partial charge in [0, 0.05) is 26.4 Å². The Kier molecular flexibility index (Phi) is 7.02. The van der Waals surface area contributed by atoms with E-state index in [1.165, 1.54) is 16.7 Å². The number of ketones is 2. The molecular formula is C31H40O2. The van der Waals surface area contributed by atoms with Crippen LogP contribution in [0.5, 0.6) is 0 Å². The lowest BCUT2D eigenvalue weighted by atomic mass is 9.83. The van der Waals surface area contributed by atoms with Crippen LogP contribution < -0.4 is 0 Å². The minimum Gasteiger partial charge on any atom is -0.289 e. The van der Waals surface area contributed by atoms with E-state index >= 15 is 0 Å². The molecule has 0 heterocycles. The molecule has 0 unspecified atom stereocenters. The fourth-order valence-electron chi connectivity index (χ4n) is 3.64. The topological polar surface area (TPSA) is 34.1 Å². The molecule has 0 saturated heterocycles. The van der Waals surface area contributed by atoms with Crippen molar-refractivity contribution in [2.45, 2.75) is 86.4 Å². The van der Waals surface area contributed by atoms with Crippen LogP contribution in [-0.4, -0.2) is 11.6 Å². The molecule has 1 aliphatic rings. The second-order valence-corrected chi connectivity index (χ2v) is 9.01. The van der Waals surface area contributed by atoms with Crippen LogP contribution in [0.15, 0.2) is 81.9 Å². The summed E-state index contributed by atoms with van der Waals surface area (Å²) in [6.07, 6.45) is 13.9. The monoisotopic (exact) mass is 451 g/mol. The number of Topliss-reactive ketones (excluding diaryl/α,β-unsaturated/α-hetero) is 2. The lowest BCUT2D eigenvalue weighted by molar-refractivity contribution is 0.0973. The van der Waals surface area contributed by atoms with Gasteiger partial charge in [-0.1, -0.05) is 70.8 Å². The molecule has 1 aromatic rings. The van der Waals surface area contributed by atoms with Gasteiger partial charge < -0.3 is 0 Å². The molecule has 176 valence electrons. The smallest absolute Gasteiger partial charge is 0.190 e. The van der Waals surface area contributed by atoms with Gasteiger partial charge in [0.05, 0.1) is 5.48 Å². The molecule has 2 nitrogen and oxygen atoms in total. The molecule has 2 rings (SSSR count). The highest BCUT2D eigenvalue weighted by Crippen LogP contribution is 2.28. The normalized spacial score (nSPS) is 18.6. The van der Waals surface area contributed by atoms with Gasteiger partial charge in [-0.15, -0.1) is 0 Å². The summed E-state index contributed by atoms with van der Waals surface area (Å²) in [5.41, 5.74) is 3.02. The molecule has 0 radical (unpaired) electrons. The highest BCUT2D eigenvalue weighted by atomic mass is 16.1. The van der Waals surface area contributed by atoms with Crippen LogP contribution in [0.2, 0.25) is 0 Å². The molecule has 0 amide bonds. The van der Waals surface area contributed by atoms with E-state index in [0.717, 1.165) is 37.7 Å². The first-order valence-corrected chi connectivity index (χ1v) is 11.6. The maximum absolute atomic E-state index is 13.4. The van der Waals surface area contributed by atoms with E-state index in [0.29, 0.717) is 6.42 Å². The Bertz CT molecular complexity index is 1320. The average Bonchev–Trinajstić information content (AvgIpc) is 2.85. The molecule has 1 aromatic carbocycles. The summed E-state index contributed by atoms with van der Waals surface area (Å²) >= 11 is 0. The first kappa shape index (κ1) is 17.7. The molecule has 0 spiro atoms. The summed E-state index contributed by atoms with van der Waals surface area (Å²) in [4.78, 5) is 26.6. The zero-order chi connectivity index (χ0) is 30.4. The Morgan fingerprint density at radius 1 is 0.758 bits per heavy atom. The predicted molar refractivity (Wildman–Crippen MR) is 141 cm³/mol. The maximum Gasteiger partial charge on any atom is 0.190 e. The number of hydrogen-bond donors (Lipinski definition) is 0. The van der Waals surface area contributed by atoms with Gasteiger partial charge in [-0.2, -0.15) is 0 Å². The number of benzene rings is 1. The minimum absolute atomic E-state index is 0.105. The van der Waals surface area contributed by atoms with Crippen LogP contribution in [0.3, 0.4) is 0 Å². The highest BCUT2D eigenvalue weighted by molar-refractivity contribution is 6.26. The first-order valence-electron chi connectivity index (χ1n) is 15.1. The van der Waals surface area contributed by atoms with Gasteiger partial charge in [-0.25, -0.2) is 0 Å².